The molecule has 164 valence electrons. The first-order valence-electron chi connectivity index (χ1n) is 10.3. The fraction of sp³-hybridized carbons (Fsp3) is 0.364. The minimum atomic E-state index is -3.80. The number of nitrogens with zero attached hydrogens (tertiary/aromatic N) is 2. The number of nitrogens with one attached hydrogen (secondary N) is 1. The van der Waals surface area contributed by atoms with Crippen LogP contribution in [0.3, 0.4) is 0 Å². The molecule has 3 aromatic rings. The molecular weight excluding hydrogens is 418 g/mol. The molecule has 0 atom stereocenters. The molecule has 8 nitrogen and oxygen atoms in total. The third kappa shape index (κ3) is 4.72. The van der Waals surface area contributed by atoms with E-state index in [2.05, 4.69) is 11.6 Å². The highest BCUT2D eigenvalue weighted by atomic mass is 32.2. The quantitative estimate of drug-likeness (QED) is 0.630. The highest BCUT2D eigenvalue weighted by Crippen LogP contribution is 2.20. The van der Waals surface area contributed by atoms with Crippen LogP contribution in [-0.2, 0) is 27.9 Å². The number of hydrogen-bond donors (Lipinski definition) is 1. The summed E-state index contributed by atoms with van der Waals surface area (Å²) in [7, 11) is -3.80. The monoisotopic (exact) mass is 443 g/mol. The van der Waals surface area contributed by atoms with E-state index < -0.39 is 15.8 Å². The van der Waals surface area contributed by atoms with Gasteiger partial charge in [0, 0.05) is 25.7 Å². The van der Waals surface area contributed by atoms with Crippen molar-refractivity contribution in [2.75, 3.05) is 13.1 Å². The minimum absolute atomic E-state index is 0.00632. The summed E-state index contributed by atoms with van der Waals surface area (Å²) in [5.74, 6) is -0.226. The van der Waals surface area contributed by atoms with E-state index in [0.29, 0.717) is 24.5 Å². The molecule has 1 saturated heterocycles. The molecule has 0 radical (unpaired) electrons. The number of sulfonamides is 1. The molecule has 0 spiro atoms. The molecule has 2 heterocycles. The van der Waals surface area contributed by atoms with E-state index in [1.54, 1.807) is 4.90 Å². The van der Waals surface area contributed by atoms with Gasteiger partial charge >= 0.3 is 5.76 Å². The Kier molecular flexibility index (Phi) is 5.97. The van der Waals surface area contributed by atoms with Gasteiger partial charge in [-0.05, 0) is 36.5 Å². The topological polar surface area (TPSA) is 102 Å². The Labute approximate surface area is 180 Å². The number of fused-ring (bicyclic) bond motifs is 1. The Bertz CT molecular complexity index is 1240. The Hall–Kier alpha value is -2.91. The number of oxazole rings is 1. The number of carbonyl (C=O) groups is 1. The number of likely N-dealkylation sites (tertiary alicyclic amines) is 1. The number of benzene rings is 2. The molecule has 0 bridgehead atoms. The smallest absolute Gasteiger partial charge is 0.408 e. The van der Waals surface area contributed by atoms with E-state index in [1.165, 1.54) is 22.8 Å². The van der Waals surface area contributed by atoms with Gasteiger partial charge in [-0.15, -0.1) is 0 Å². The predicted molar refractivity (Wildman–Crippen MR) is 116 cm³/mol. The van der Waals surface area contributed by atoms with Crippen molar-refractivity contribution in [1.29, 1.82) is 0 Å². The van der Waals surface area contributed by atoms with Crippen LogP contribution in [0.2, 0.25) is 0 Å². The van der Waals surface area contributed by atoms with Gasteiger partial charge in [-0.2, -0.15) is 0 Å². The predicted octanol–water partition coefficient (Wildman–Crippen LogP) is 2.33. The first-order chi connectivity index (χ1) is 14.8. The molecule has 1 fully saturated rings. The van der Waals surface area contributed by atoms with Gasteiger partial charge in [-0.25, -0.2) is 17.9 Å². The van der Waals surface area contributed by atoms with Gasteiger partial charge in [0.2, 0.25) is 15.9 Å². The Morgan fingerprint density at radius 1 is 1.13 bits per heavy atom. The molecular formula is C22H25N3O5S. The lowest BCUT2D eigenvalue weighted by molar-refractivity contribution is -0.133. The van der Waals surface area contributed by atoms with Crippen molar-refractivity contribution in [3.05, 3.63) is 64.6 Å². The van der Waals surface area contributed by atoms with Crippen molar-refractivity contribution in [3.8, 4) is 0 Å². The molecule has 0 saturated carbocycles. The van der Waals surface area contributed by atoms with Gasteiger partial charge in [-0.1, -0.05) is 37.3 Å². The Morgan fingerprint density at radius 3 is 2.55 bits per heavy atom. The number of piperidine rings is 1. The van der Waals surface area contributed by atoms with Crippen molar-refractivity contribution in [2.45, 2.75) is 37.8 Å². The van der Waals surface area contributed by atoms with Crippen LogP contribution >= 0.6 is 0 Å². The summed E-state index contributed by atoms with van der Waals surface area (Å²) in [6.07, 6.45) is 1.90. The summed E-state index contributed by atoms with van der Waals surface area (Å²) in [5, 5.41) is 0. The fourth-order valence-corrected chi connectivity index (χ4v) is 4.75. The summed E-state index contributed by atoms with van der Waals surface area (Å²) in [5.41, 5.74) is 1.36. The second-order valence-corrected chi connectivity index (χ2v) is 9.72. The molecule has 4 rings (SSSR count). The molecule has 1 N–H and O–H groups in total. The maximum absolute atomic E-state index is 12.7. The van der Waals surface area contributed by atoms with E-state index in [0.717, 1.165) is 18.4 Å². The van der Waals surface area contributed by atoms with Gasteiger partial charge in [0.15, 0.2) is 5.58 Å². The van der Waals surface area contributed by atoms with Crippen molar-refractivity contribution in [1.82, 2.24) is 14.2 Å². The molecule has 1 aliphatic rings. The highest BCUT2D eigenvalue weighted by molar-refractivity contribution is 7.89. The average molecular weight is 444 g/mol. The number of aromatic nitrogens is 1. The molecule has 1 aliphatic heterocycles. The number of carbonyl (C=O) groups excluding carboxylic acids is 1. The summed E-state index contributed by atoms with van der Waals surface area (Å²) in [6.45, 7) is 3.55. The van der Waals surface area contributed by atoms with E-state index in [4.69, 9.17) is 4.42 Å². The largest absolute Gasteiger partial charge is 0.420 e. The van der Waals surface area contributed by atoms with E-state index in [1.807, 2.05) is 30.3 Å². The number of amides is 1. The lowest BCUT2D eigenvalue weighted by atomic mass is 9.99. The average Bonchev–Trinajstić information content (AvgIpc) is 3.08. The maximum Gasteiger partial charge on any atom is 0.420 e. The van der Waals surface area contributed by atoms with Crippen LogP contribution in [0.5, 0.6) is 0 Å². The van der Waals surface area contributed by atoms with Crippen molar-refractivity contribution >= 4 is 27.0 Å². The van der Waals surface area contributed by atoms with Gasteiger partial charge in [0.1, 0.15) is 6.54 Å². The van der Waals surface area contributed by atoms with Crippen molar-refractivity contribution in [2.24, 2.45) is 5.92 Å². The molecule has 0 aliphatic carbocycles. The van der Waals surface area contributed by atoms with Crippen molar-refractivity contribution in [3.63, 3.8) is 0 Å². The van der Waals surface area contributed by atoms with Gasteiger partial charge < -0.3 is 9.32 Å². The van der Waals surface area contributed by atoms with Gasteiger partial charge in [0.05, 0.1) is 10.4 Å². The molecule has 31 heavy (non-hydrogen) atoms. The van der Waals surface area contributed by atoms with Gasteiger partial charge in [0.25, 0.3) is 0 Å². The number of rotatable bonds is 6. The second-order valence-electron chi connectivity index (χ2n) is 7.96. The van der Waals surface area contributed by atoms with Crippen LogP contribution in [0.1, 0.15) is 25.3 Å². The summed E-state index contributed by atoms with van der Waals surface area (Å²) in [4.78, 5) is 26.7. The van der Waals surface area contributed by atoms with E-state index in [9.17, 15) is 18.0 Å². The molecule has 0 unspecified atom stereocenters. The summed E-state index contributed by atoms with van der Waals surface area (Å²) in [6, 6.07) is 13.4. The normalized spacial score (nSPS) is 15.5. The van der Waals surface area contributed by atoms with Crippen LogP contribution in [0.25, 0.3) is 11.1 Å². The molecule has 1 aromatic heterocycles. The third-order valence-corrected chi connectivity index (χ3v) is 7.09. The van der Waals surface area contributed by atoms with Crippen LogP contribution in [0.15, 0.2) is 62.6 Å². The Balaban J connectivity index is 1.52. The Morgan fingerprint density at radius 2 is 1.84 bits per heavy atom. The maximum atomic E-state index is 12.7. The second kappa shape index (κ2) is 8.68. The fourth-order valence-electron chi connectivity index (χ4n) is 3.71. The lowest BCUT2D eigenvalue weighted by Gasteiger charge is -2.30. The zero-order valence-corrected chi connectivity index (χ0v) is 18.1. The zero-order valence-electron chi connectivity index (χ0n) is 17.3. The molecule has 9 heteroatoms. The van der Waals surface area contributed by atoms with Crippen LogP contribution in [0.4, 0.5) is 0 Å². The van der Waals surface area contributed by atoms with Crippen LogP contribution in [0, 0.1) is 5.92 Å². The van der Waals surface area contributed by atoms with Crippen molar-refractivity contribution < 1.29 is 17.6 Å². The zero-order chi connectivity index (χ0) is 22.0. The first-order valence-corrected chi connectivity index (χ1v) is 11.8. The SMILES string of the molecule is CC1CCN(C(=O)Cn2c(=O)oc3cc(S(=O)(=O)NCc4ccccc4)ccc32)CC1. The summed E-state index contributed by atoms with van der Waals surface area (Å²) >= 11 is 0. The lowest BCUT2D eigenvalue weighted by Crippen LogP contribution is -2.40. The third-order valence-electron chi connectivity index (χ3n) is 5.69. The summed E-state index contributed by atoms with van der Waals surface area (Å²) < 4.78 is 34.3. The molecule has 1 amide bonds. The van der Waals surface area contributed by atoms with E-state index in [-0.39, 0.29) is 29.5 Å². The number of hydrogen-bond acceptors (Lipinski definition) is 5. The van der Waals surface area contributed by atoms with E-state index >= 15 is 0 Å². The molecule has 2 aromatic carbocycles. The highest BCUT2D eigenvalue weighted by Gasteiger charge is 2.23. The van der Waals surface area contributed by atoms with Gasteiger partial charge in [-0.3, -0.25) is 9.36 Å². The first kappa shape index (κ1) is 21.3. The van der Waals surface area contributed by atoms with Crippen LogP contribution < -0.4 is 10.5 Å². The standard InChI is InChI=1S/C22H25N3O5S/c1-16-9-11-24(12-10-16)21(26)15-25-19-8-7-18(13-20(19)30-22(25)27)31(28,29)23-14-17-5-3-2-4-6-17/h2-8,13,16,23H,9-12,14-15H2,1H3. The van der Waals surface area contributed by atoms with Crippen LogP contribution in [-0.4, -0.2) is 36.9 Å². The minimum Gasteiger partial charge on any atom is -0.408 e.